The predicted molar refractivity (Wildman–Crippen MR) is 40.7 cm³/mol. The molecule has 0 aliphatic carbocycles. The van der Waals surface area contributed by atoms with E-state index in [2.05, 4.69) is 5.32 Å². The Balaban J connectivity index is 2.38. The molecule has 1 fully saturated rings. The van der Waals surface area contributed by atoms with Gasteiger partial charge in [-0.1, -0.05) is 0 Å². The summed E-state index contributed by atoms with van der Waals surface area (Å²) in [5.41, 5.74) is 0. The van der Waals surface area contributed by atoms with Gasteiger partial charge >= 0.3 is 0 Å². The minimum absolute atomic E-state index is 0.347. The van der Waals surface area contributed by atoms with Crippen molar-refractivity contribution in [2.45, 2.75) is 6.42 Å². The summed E-state index contributed by atoms with van der Waals surface area (Å²) in [7, 11) is -2.75. The third-order valence-corrected chi connectivity index (χ3v) is 2.78. The lowest BCUT2D eigenvalue weighted by atomic mass is 10.2. The molecular formula is C6H13NO2S. The highest BCUT2D eigenvalue weighted by Crippen LogP contribution is 2.09. The van der Waals surface area contributed by atoms with Gasteiger partial charge in [-0.25, -0.2) is 8.42 Å². The van der Waals surface area contributed by atoms with E-state index < -0.39 is 9.84 Å². The minimum Gasteiger partial charge on any atom is -0.316 e. The van der Waals surface area contributed by atoms with Crippen molar-refractivity contribution in [1.29, 1.82) is 0 Å². The molecule has 0 bridgehead atoms. The second-order valence-corrected chi connectivity index (χ2v) is 5.14. The van der Waals surface area contributed by atoms with Crippen LogP contribution in [0, 0.1) is 5.92 Å². The summed E-state index contributed by atoms with van der Waals surface area (Å²) in [6, 6.07) is 0. The maximum absolute atomic E-state index is 10.8. The van der Waals surface area contributed by atoms with Crippen molar-refractivity contribution in [1.82, 2.24) is 5.32 Å². The zero-order valence-corrected chi connectivity index (χ0v) is 6.95. The zero-order valence-electron chi connectivity index (χ0n) is 6.13. The quantitative estimate of drug-likeness (QED) is 0.604. The van der Waals surface area contributed by atoms with E-state index in [4.69, 9.17) is 0 Å². The Morgan fingerprint density at radius 3 is 2.70 bits per heavy atom. The fourth-order valence-corrected chi connectivity index (χ4v) is 2.43. The van der Waals surface area contributed by atoms with Gasteiger partial charge in [-0.05, 0) is 25.4 Å². The third-order valence-electron chi connectivity index (χ3n) is 1.70. The average Bonchev–Trinajstić information content (AvgIpc) is 2.12. The Hall–Kier alpha value is -0.0900. The second-order valence-electron chi connectivity index (χ2n) is 2.95. The first-order valence-corrected chi connectivity index (χ1v) is 5.52. The molecule has 1 atom stereocenters. The first-order chi connectivity index (χ1) is 4.58. The molecule has 1 unspecified atom stereocenters. The maximum atomic E-state index is 10.8. The van der Waals surface area contributed by atoms with Gasteiger partial charge in [0.1, 0.15) is 9.84 Å². The summed E-state index contributed by atoms with van der Waals surface area (Å²) in [4.78, 5) is 0. The maximum Gasteiger partial charge on any atom is 0.147 e. The number of hydrogen-bond donors (Lipinski definition) is 1. The average molecular weight is 163 g/mol. The fourth-order valence-electron chi connectivity index (χ4n) is 1.28. The Kier molecular flexibility index (Phi) is 2.31. The molecule has 1 heterocycles. The van der Waals surface area contributed by atoms with Gasteiger partial charge in [0.2, 0.25) is 0 Å². The summed E-state index contributed by atoms with van der Waals surface area (Å²) >= 11 is 0. The molecule has 3 nitrogen and oxygen atoms in total. The van der Waals surface area contributed by atoms with Crippen molar-refractivity contribution in [2.24, 2.45) is 5.92 Å². The summed E-state index contributed by atoms with van der Waals surface area (Å²) in [6.07, 6.45) is 2.30. The van der Waals surface area contributed by atoms with E-state index in [1.807, 2.05) is 0 Å². The topological polar surface area (TPSA) is 46.2 Å². The standard InChI is InChI=1S/C6H13NO2S/c1-10(8,9)5-6-2-3-7-4-6/h6-7H,2-5H2,1H3. The highest BCUT2D eigenvalue weighted by atomic mass is 32.2. The molecule has 4 heteroatoms. The summed E-state index contributed by atoms with van der Waals surface area (Å²) in [6.45, 7) is 1.84. The molecule has 0 amide bonds. The van der Waals surface area contributed by atoms with E-state index >= 15 is 0 Å². The van der Waals surface area contributed by atoms with Gasteiger partial charge in [0, 0.05) is 6.26 Å². The van der Waals surface area contributed by atoms with Crippen LogP contribution in [0.5, 0.6) is 0 Å². The molecule has 1 N–H and O–H groups in total. The molecule has 0 radical (unpaired) electrons. The van der Waals surface area contributed by atoms with Crippen molar-refractivity contribution in [3.63, 3.8) is 0 Å². The zero-order chi connectivity index (χ0) is 7.61. The van der Waals surface area contributed by atoms with Gasteiger partial charge < -0.3 is 5.32 Å². The van der Waals surface area contributed by atoms with Crippen LogP contribution in [0.25, 0.3) is 0 Å². The van der Waals surface area contributed by atoms with Crippen LogP contribution < -0.4 is 5.32 Å². The van der Waals surface area contributed by atoms with Crippen LogP contribution >= 0.6 is 0 Å². The van der Waals surface area contributed by atoms with Gasteiger partial charge in [0.25, 0.3) is 0 Å². The molecule has 10 heavy (non-hydrogen) atoms. The van der Waals surface area contributed by atoms with Gasteiger partial charge in [-0.15, -0.1) is 0 Å². The number of nitrogens with one attached hydrogen (secondary N) is 1. The molecule has 0 aromatic heterocycles. The van der Waals surface area contributed by atoms with Gasteiger partial charge in [-0.2, -0.15) is 0 Å². The van der Waals surface area contributed by atoms with E-state index in [-0.39, 0.29) is 0 Å². The van der Waals surface area contributed by atoms with Crippen molar-refractivity contribution in [3.05, 3.63) is 0 Å². The van der Waals surface area contributed by atoms with Gasteiger partial charge in [0.15, 0.2) is 0 Å². The van der Waals surface area contributed by atoms with Crippen LogP contribution in [0.15, 0.2) is 0 Å². The van der Waals surface area contributed by atoms with Crippen LogP contribution in [0.3, 0.4) is 0 Å². The van der Waals surface area contributed by atoms with Gasteiger partial charge in [-0.3, -0.25) is 0 Å². The monoisotopic (exact) mass is 163 g/mol. The van der Waals surface area contributed by atoms with Crippen LogP contribution in [0.4, 0.5) is 0 Å². The summed E-state index contributed by atoms with van der Waals surface area (Å²) in [5, 5.41) is 3.13. The molecule has 1 aliphatic heterocycles. The smallest absolute Gasteiger partial charge is 0.147 e. The normalized spacial score (nSPS) is 27.1. The van der Waals surface area contributed by atoms with E-state index in [0.29, 0.717) is 11.7 Å². The number of hydrogen-bond acceptors (Lipinski definition) is 3. The second kappa shape index (κ2) is 2.88. The molecule has 1 rings (SSSR count). The number of rotatable bonds is 2. The van der Waals surface area contributed by atoms with E-state index in [9.17, 15) is 8.42 Å². The highest BCUT2D eigenvalue weighted by molar-refractivity contribution is 7.90. The van der Waals surface area contributed by atoms with Crippen molar-refractivity contribution in [2.75, 3.05) is 25.1 Å². The van der Waals surface area contributed by atoms with Crippen molar-refractivity contribution >= 4 is 9.84 Å². The molecule has 60 valence electrons. The molecule has 1 aliphatic rings. The number of sulfone groups is 1. The third kappa shape index (κ3) is 2.66. The molecule has 0 saturated carbocycles. The summed E-state index contributed by atoms with van der Waals surface area (Å²) < 4.78 is 21.5. The Labute approximate surface area is 61.7 Å². The van der Waals surface area contributed by atoms with E-state index in [1.54, 1.807) is 0 Å². The molecule has 0 spiro atoms. The van der Waals surface area contributed by atoms with Gasteiger partial charge in [0.05, 0.1) is 5.75 Å². The lowest BCUT2D eigenvalue weighted by molar-refractivity contribution is 0.576. The van der Waals surface area contributed by atoms with Crippen LogP contribution in [0.2, 0.25) is 0 Å². The molecule has 0 aromatic rings. The van der Waals surface area contributed by atoms with Crippen molar-refractivity contribution in [3.8, 4) is 0 Å². The first kappa shape index (κ1) is 8.01. The lowest BCUT2D eigenvalue weighted by Crippen LogP contribution is -2.17. The minimum atomic E-state index is -2.75. The van der Waals surface area contributed by atoms with E-state index in [0.717, 1.165) is 19.5 Å². The predicted octanol–water partition coefficient (Wildman–Crippen LogP) is -0.359. The van der Waals surface area contributed by atoms with Crippen LogP contribution in [0.1, 0.15) is 6.42 Å². The summed E-state index contributed by atoms with van der Waals surface area (Å²) in [5.74, 6) is 0.704. The van der Waals surface area contributed by atoms with Crippen LogP contribution in [-0.2, 0) is 9.84 Å². The Morgan fingerprint density at radius 1 is 1.60 bits per heavy atom. The Bertz CT molecular complexity index is 192. The molecular weight excluding hydrogens is 150 g/mol. The van der Waals surface area contributed by atoms with Crippen LogP contribution in [-0.4, -0.2) is 33.5 Å². The molecule has 1 saturated heterocycles. The first-order valence-electron chi connectivity index (χ1n) is 3.46. The van der Waals surface area contributed by atoms with E-state index in [1.165, 1.54) is 6.26 Å². The highest BCUT2D eigenvalue weighted by Gasteiger charge is 2.18. The SMILES string of the molecule is CS(=O)(=O)CC1CCNC1. The Morgan fingerprint density at radius 2 is 2.30 bits per heavy atom. The lowest BCUT2D eigenvalue weighted by Gasteiger charge is -2.03. The molecule has 0 aromatic carbocycles. The largest absolute Gasteiger partial charge is 0.316 e. The fraction of sp³-hybridized carbons (Fsp3) is 1.00. The van der Waals surface area contributed by atoms with Crippen molar-refractivity contribution < 1.29 is 8.42 Å².